The van der Waals surface area contributed by atoms with Crippen molar-refractivity contribution >= 4 is 23.4 Å². The highest BCUT2D eigenvalue weighted by atomic mass is 35.5. The Hall–Kier alpha value is -3.26. The lowest BCUT2D eigenvalue weighted by Crippen LogP contribution is -2.16. The van der Waals surface area contributed by atoms with Crippen molar-refractivity contribution in [3.63, 3.8) is 0 Å². The number of ketones is 1. The summed E-state index contributed by atoms with van der Waals surface area (Å²) in [5.74, 6) is -1.85. The van der Waals surface area contributed by atoms with E-state index in [9.17, 15) is 14.0 Å². The highest BCUT2D eigenvalue weighted by Crippen LogP contribution is 2.20. The molecule has 0 aliphatic rings. The molecule has 0 unspecified atom stereocenters. The van der Waals surface area contributed by atoms with Crippen LogP contribution in [-0.2, 0) is 4.74 Å². The first-order chi connectivity index (χ1) is 13.4. The Morgan fingerprint density at radius 2 is 1.96 bits per heavy atom. The molecule has 0 aliphatic carbocycles. The summed E-state index contributed by atoms with van der Waals surface area (Å²) in [5.41, 5.74) is 0.824. The van der Waals surface area contributed by atoms with Gasteiger partial charge in [-0.25, -0.2) is 9.18 Å². The zero-order chi connectivity index (χ0) is 20.3. The van der Waals surface area contributed by atoms with Gasteiger partial charge in [0, 0.05) is 5.02 Å². The van der Waals surface area contributed by atoms with Crippen LogP contribution in [0.3, 0.4) is 0 Å². The second kappa shape index (κ2) is 8.18. The van der Waals surface area contributed by atoms with Crippen molar-refractivity contribution in [1.82, 2.24) is 15.0 Å². The maximum absolute atomic E-state index is 13.4. The molecule has 0 bridgehead atoms. The first kappa shape index (κ1) is 19.5. The van der Waals surface area contributed by atoms with Crippen molar-refractivity contribution in [2.45, 2.75) is 6.92 Å². The molecule has 7 nitrogen and oxygen atoms in total. The normalized spacial score (nSPS) is 10.6. The van der Waals surface area contributed by atoms with Crippen LogP contribution in [0.2, 0.25) is 5.02 Å². The summed E-state index contributed by atoms with van der Waals surface area (Å²) in [6.07, 6.45) is 0. The number of aromatic nitrogens is 3. The highest BCUT2D eigenvalue weighted by Gasteiger charge is 2.21. The predicted molar refractivity (Wildman–Crippen MR) is 98.7 cm³/mol. The predicted octanol–water partition coefficient (Wildman–Crippen LogP) is 3.42. The van der Waals surface area contributed by atoms with Gasteiger partial charge in [0.15, 0.2) is 12.3 Å². The number of nitrogens with zero attached hydrogens (tertiary/aromatic N) is 3. The number of ether oxygens (including phenoxy) is 2. The van der Waals surface area contributed by atoms with E-state index in [0.29, 0.717) is 16.4 Å². The first-order valence-corrected chi connectivity index (χ1v) is 8.50. The molecule has 0 saturated heterocycles. The Morgan fingerprint density at radius 3 is 2.68 bits per heavy atom. The van der Waals surface area contributed by atoms with Crippen molar-refractivity contribution < 1.29 is 23.5 Å². The van der Waals surface area contributed by atoms with Gasteiger partial charge >= 0.3 is 5.97 Å². The highest BCUT2D eigenvalue weighted by molar-refractivity contribution is 6.30. The molecule has 28 heavy (non-hydrogen) atoms. The molecule has 0 fully saturated rings. The number of esters is 1. The van der Waals surface area contributed by atoms with Crippen molar-refractivity contribution in [2.75, 3.05) is 13.7 Å². The number of benzene rings is 2. The quantitative estimate of drug-likeness (QED) is 0.463. The van der Waals surface area contributed by atoms with E-state index in [1.165, 1.54) is 24.0 Å². The fourth-order valence-electron chi connectivity index (χ4n) is 2.46. The van der Waals surface area contributed by atoms with Crippen LogP contribution in [0.4, 0.5) is 4.39 Å². The maximum Gasteiger partial charge on any atom is 0.361 e. The summed E-state index contributed by atoms with van der Waals surface area (Å²) >= 11 is 5.95. The molecular weight excluding hydrogens is 389 g/mol. The lowest BCUT2D eigenvalue weighted by Gasteiger charge is -2.08. The van der Waals surface area contributed by atoms with Crippen LogP contribution in [0.5, 0.6) is 5.75 Å². The van der Waals surface area contributed by atoms with E-state index in [0.717, 1.165) is 6.07 Å². The number of halogens is 2. The van der Waals surface area contributed by atoms with Gasteiger partial charge in [-0.1, -0.05) is 17.7 Å². The lowest BCUT2D eigenvalue weighted by molar-refractivity contribution is 0.0467. The van der Waals surface area contributed by atoms with Crippen LogP contribution < -0.4 is 4.74 Å². The molecule has 1 heterocycles. The van der Waals surface area contributed by atoms with Gasteiger partial charge in [0.1, 0.15) is 11.6 Å². The van der Waals surface area contributed by atoms with E-state index in [-0.39, 0.29) is 17.0 Å². The van der Waals surface area contributed by atoms with Crippen LogP contribution in [0.25, 0.3) is 5.69 Å². The minimum absolute atomic E-state index is 0.0189. The van der Waals surface area contributed by atoms with Gasteiger partial charge in [0.2, 0.25) is 5.78 Å². The summed E-state index contributed by atoms with van der Waals surface area (Å²) in [6.45, 7) is 0.990. The average molecular weight is 404 g/mol. The topological polar surface area (TPSA) is 83.3 Å². The lowest BCUT2D eigenvalue weighted by atomic mass is 10.1. The minimum atomic E-state index is -0.825. The molecular formula is C19H15ClFN3O4. The first-order valence-electron chi connectivity index (χ1n) is 8.13. The van der Waals surface area contributed by atoms with Gasteiger partial charge in [-0.2, -0.15) is 9.90 Å². The van der Waals surface area contributed by atoms with Crippen LogP contribution in [0, 0.1) is 12.7 Å². The standard InChI is InChI=1S/C19H15ClFN3O4/c1-11-18(23-24(22-11)14-5-3-4-12(20)8-14)19(26)28-10-16(25)15-9-13(21)6-7-17(15)27-2/h3-9H,10H2,1-2H3. The number of hydrogen-bond acceptors (Lipinski definition) is 6. The fourth-order valence-corrected chi connectivity index (χ4v) is 2.64. The van der Waals surface area contributed by atoms with Crippen molar-refractivity contribution in [2.24, 2.45) is 0 Å². The van der Waals surface area contributed by atoms with Crippen LogP contribution in [0.15, 0.2) is 42.5 Å². The average Bonchev–Trinajstić information content (AvgIpc) is 3.07. The van der Waals surface area contributed by atoms with E-state index in [2.05, 4.69) is 10.2 Å². The minimum Gasteiger partial charge on any atom is -0.496 e. The molecule has 0 N–H and O–H groups in total. The number of methoxy groups -OCH3 is 1. The van der Waals surface area contributed by atoms with E-state index < -0.39 is 24.2 Å². The molecule has 3 aromatic rings. The summed E-state index contributed by atoms with van der Waals surface area (Å²) in [4.78, 5) is 25.8. The summed E-state index contributed by atoms with van der Waals surface area (Å²) in [5, 5.41) is 8.75. The summed E-state index contributed by atoms with van der Waals surface area (Å²) in [6, 6.07) is 10.3. The third kappa shape index (κ3) is 4.17. The van der Waals surface area contributed by atoms with Gasteiger partial charge in [-0.15, -0.1) is 5.10 Å². The largest absolute Gasteiger partial charge is 0.496 e. The third-order valence-corrected chi connectivity index (χ3v) is 4.05. The Bertz CT molecular complexity index is 1050. The fraction of sp³-hybridized carbons (Fsp3) is 0.158. The number of aryl methyl sites for hydroxylation is 1. The SMILES string of the molecule is COc1ccc(F)cc1C(=O)COC(=O)c1nn(-c2cccc(Cl)c2)nc1C. The van der Waals surface area contributed by atoms with E-state index in [1.807, 2.05) is 0 Å². The molecule has 0 aliphatic heterocycles. The Morgan fingerprint density at radius 1 is 1.18 bits per heavy atom. The molecule has 9 heteroatoms. The van der Waals surface area contributed by atoms with Crippen LogP contribution in [0.1, 0.15) is 26.5 Å². The summed E-state index contributed by atoms with van der Waals surface area (Å²) in [7, 11) is 1.35. The molecule has 0 radical (unpaired) electrons. The van der Waals surface area contributed by atoms with Gasteiger partial charge in [-0.3, -0.25) is 4.79 Å². The van der Waals surface area contributed by atoms with Crippen molar-refractivity contribution in [1.29, 1.82) is 0 Å². The molecule has 0 amide bonds. The van der Waals surface area contributed by atoms with E-state index >= 15 is 0 Å². The molecule has 1 aromatic heterocycles. The van der Waals surface area contributed by atoms with Crippen molar-refractivity contribution in [3.8, 4) is 11.4 Å². The van der Waals surface area contributed by atoms with Crippen LogP contribution in [-0.4, -0.2) is 40.5 Å². The van der Waals surface area contributed by atoms with Gasteiger partial charge in [0.25, 0.3) is 0 Å². The van der Waals surface area contributed by atoms with Gasteiger partial charge < -0.3 is 9.47 Å². The third-order valence-electron chi connectivity index (χ3n) is 3.81. The molecule has 144 valence electrons. The van der Waals surface area contributed by atoms with E-state index in [1.54, 1.807) is 31.2 Å². The smallest absolute Gasteiger partial charge is 0.361 e. The number of carbonyl (C=O) groups excluding carboxylic acids is 2. The van der Waals surface area contributed by atoms with Gasteiger partial charge in [0.05, 0.1) is 24.1 Å². The second-order valence-corrected chi connectivity index (χ2v) is 6.18. The van der Waals surface area contributed by atoms with Gasteiger partial charge in [-0.05, 0) is 43.3 Å². The molecule has 2 aromatic carbocycles. The van der Waals surface area contributed by atoms with Crippen LogP contribution >= 0.6 is 11.6 Å². The molecule has 0 spiro atoms. The second-order valence-electron chi connectivity index (χ2n) is 5.75. The zero-order valence-electron chi connectivity index (χ0n) is 15.0. The van der Waals surface area contributed by atoms with Crippen molar-refractivity contribution in [3.05, 3.63) is 70.3 Å². The molecule has 0 atom stereocenters. The number of carbonyl (C=O) groups is 2. The maximum atomic E-state index is 13.4. The number of Topliss-reactive ketones (excluding diaryl/α,β-unsaturated/α-hetero) is 1. The molecule has 3 rings (SSSR count). The summed E-state index contributed by atoms with van der Waals surface area (Å²) < 4.78 is 23.5. The monoisotopic (exact) mass is 403 g/mol. The number of hydrogen-bond donors (Lipinski definition) is 0. The Kier molecular flexibility index (Phi) is 5.70. The zero-order valence-corrected chi connectivity index (χ0v) is 15.7. The Labute approximate surface area is 164 Å². The molecule has 0 saturated carbocycles. The number of rotatable bonds is 6. The Balaban J connectivity index is 1.74. The van der Waals surface area contributed by atoms with E-state index in [4.69, 9.17) is 21.1 Å².